The molecule has 224 valence electrons. The van der Waals surface area contributed by atoms with Crippen molar-refractivity contribution in [1.29, 1.82) is 0 Å². The number of nitrogens with two attached hydrogens (primary N) is 4. The van der Waals surface area contributed by atoms with E-state index < -0.39 is 53.8 Å². The SMILES string of the molecule is CC(C)C(NC(=O)C(Cc1ccc(O)cc1)NC(=O)C(N)CCCCN)C(=O)NC(CCCN=C(N)N)C(=O)O. The summed E-state index contributed by atoms with van der Waals surface area (Å²) in [5.41, 5.74) is 22.7. The van der Waals surface area contributed by atoms with Gasteiger partial charge in [0, 0.05) is 13.0 Å². The van der Waals surface area contributed by atoms with Gasteiger partial charge in [0.25, 0.3) is 0 Å². The Hall–Kier alpha value is -3.91. The molecule has 3 amide bonds. The molecule has 0 saturated carbocycles. The molecule has 4 atom stereocenters. The number of hydrogen-bond acceptors (Lipinski definition) is 8. The Balaban J connectivity index is 3.03. The smallest absolute Gasteiger partial charge is 0.326 e. The third-order valence-corrected chi connectivity index (χ3v) is 6.12. The maximum absolute atomic E-state index is 13.4. The number of nitrogens with zero attached hydrogens (tertiary/aromatic N) is 1. The molecule has 0 fully saturated rings. The first-order valence-electron chi connectivity index (χ1n) is 13.3. The Morgan fingerprint density at radius 2 is 1.50 bits per heavy atom. The molecule has 0 aromatic heterocycles. The van der Waals surface area contributed by atoms with Gasteiger partial charge >= 0.3 is 5.97 Å². The van der Waals surface area contributed by atoms with E-state index in [4.69, 9.17) is 22.9 Å². The number of aliphatic carboxylic acids is 1. The molecular weight excluding hydrogens is 520 g/mol. The van der Waals surface area contributed by atoms with Crippen LogP contribution >= 0.6 is 0 Å². The molecule has 0 spiro atoms. The Bertz CT molecular complexity index is 997. The average molecular weight is 565 g/mol. The van der Waals surface area contributed by atoms with Crippen LogP contribution in [0.2, 0.25) is 0 Å². The number of phenols is 1. The summed E-state index contributed by atoms with van der Waals surface area (Å²) in [6, 6.07) is 1.85. The minimum atomic E-state index is -1.24. The molecule has 0 radical (unpaired) electrons. The summed E-state index contributed by atoms with van der Waals surface area (Å²) in [4.78, 5) is 54.8. The van der Waals surface area contributed by atoms with E-state index in [0.29, 0.717) is 37.8 Å². The first-order valence-corrected chi connectivity index (χ1v) is 13.3. The van der Waals surface area contributed by atoms with E-state index in [1.54, 1.807) is 26.0 Å². The van der Waals surface area contributed by atoms with Crippen LogP contribution in [0.5, 0.6) is 5.75 Å². The third-order valence-electron chi connectivity index (χ3n) is 6.12. The Kier molecular flexibility index (Phi) is 15.0. The van der Waals surface area contributed by atoms with Crippen LogP contribution in [0.4, 0.5) is 0 Å². The number of guanidine groups is 1. The van der Waals surface area contributed by atoms with Crippen LogP contribution in [0.1, 0.15) is 51.5 Å². The van der Waals surface area contributed by atoms with E-state index in [-0.39, 0.29) is 31.1 Å². The zero-order chi connectivity index (χ0) is 30.2. The predicted molar refractivity (Wildman–Crippen MR) is 151 cm³/mol. The molecule has 0 saturated heterocycles. The summed E-state index contributed by atoms with van der Waals surface area (Å²) in [6.07, 6.45) is 2.16. The van der Waals surface area contributed by atoms with Gasteiger partial charge in [0.1, 0.15) is 23.9 Å². The zero-order valence-corrected chi connectivity index (χ0v) is 23.1. The predicted octanol–water partition coefficient (Wildman–Crippen LogP) is -1.36. The number of rotatable bonds is 18. The average Bonchev–Trinajstić information content (AvgIpc) is 2.89. The van der Waals surface area contributed by atoms with Crippen molar-refractivity contribution in [2.24, 2.45) is 33.8 Å². The molecule has 0 bridgehead atoms. The summed E-state index contributed by atoms with van der Waals surface area (Å²) >= 11 is 0. The van der Waals surface area contributed by atoms with Crippen molar-refractivity contribution in [2.75, 3.05) is 13.1 Å². The number of unbranched alkanes of at least 4 members (excludes halogenated alkanes) is 1. The Morgan fingerprint density at radius 3 is 2.05 bits per heavy atom. The maximum atomic E-state index is 13.4. The molecule has 40 heavy (non-hydrogen) atoms. The van der Waals surface area contributed by atoms with Gasteiger partial charge in [0.2, 0.25) is 17.7 Å². The number of amides is 3. The monoisotopic (exact) mass is 564 g/mol. The highest BCUT2D eigenvalue weighted by molar-refractivity contribution is 5.94. The van der Waals surface area contributed by atoms with Gasteiger partial charge in [-0.3, -0.25) is 19.4 Å². The van der Waals surface area contributed by atoms with Crippen LogP contribution in [0.3, 0.4) is 0 Å². The first kappa shape index (κ1) is 34.1. The molecule has 0 aliphatic carbocycles. The van der Waals surface area contributed by atoms with E-state index in [0.717, 1.165) is 0 Å². The molecule has 1 rings (SSSR count). The zero-order valence-electron chi connectivity index (χ0n) is 23.1. The molecule has 0 heterocycles. The lowest BCUT2D eigenvalue weighted by Crippen LogP contribution is -2.58. The fraction of sp³-hybridized carbons (Fsp3) is 0.577. The third kappa shape index (κ3) is 12.8. The van der Waals surface area contributed by atoms with Crippen molar-refractivity contribution < 1.29 is 29.4 Å². The lowest BCUT2D eigenvalue weighted by atomic mass is 9.99. The van der Waals surface area contributed by atoms with Crippen molar-refractivity contribution in [3.05, 3.63) is 29.8 Å². The normalized spacial score (nSPS) is 13.9. The fourth-order valence-electron chi connectivity index (χ4n) is 3.81. The topological polar surface area (TPSA) is 261 Å². The lowest BCUT2D eigenvalue weighted by Gasteiger charge is -2.27. The van der Waals surface area contributed by atoms with Gasteiger partial charge in [-0.25, -0.2) is 4.79 Å². The van der Waals surface area contributed by atoms with Crippen LogP contribution in [0.15, 0.2) is 29.3 Å². The van der Waals surface area contributed by atoms with E-state index in [2.05, 4.69) is 20.9 Å². The number of benzene rings is 1. The molecule has 14 heteroatoms. The standard InChI is InChI=1S/C26H44N8O6/c1-15(2)21(24(38)32-19(25(39)40)7-5-13-31-26(29)30)34-23(37)20(14-16-8-10-17(35)11-9-16)33-22(36)18(28)6-3-4-12-27/h8-11,15,18-21,35H,3-7,12-14,27-28H2,1-2H3,(H,32,38)(H,33,36)(H,34,37)(H,39,40)(H4,29,30,31). The molecular formula is C26H44N8O6. The highest BCUT2D eigenvalue weighted by atomic mass is 16.4. The molecule has 14 nitrogen and oxygen atoms in total. The van der Waals surface area contributed by atoms with Crippen LogP contribution < -0.4 is 38.9 Å². The largest absolute Gasteiger partial charge is 0.508 e. The van der Waals surface area contributed by atoms with Crippen molar-refractivity contribution in [2.45, 2.75) is 76.5 Å². The van der Waals surface area contributed by atoms with Crippen molar-refractivity contribution >= 4 is 29.7 Å². The van der Waals surface area contributed by atoms with Crippen LogP contribution in [0.25, 0.3) is 0 Å². The molecule has 13 N–H and O–H groups in total. The van der Waals surface area contributed by atoms with E-state index >= 15 is 0 Å². The first-order chi connectivity index (χ1) is 18.8. The summed E-state index contributed by atoms with van der Waals surface area (Å²) in [6.45, 7) is 4.05. The molecule has 0 aliphatic rings. The molecule has 4 unspecified atom stereocenters. The molecule has 1 aromatic rings. The van der Waals surface area contributed by atoms with Gasteiger partial charge in [-0.2, -0.15) is 0 Å². The Morgan fingerprint density at radius 1 is 0.875 bits per heavy atom. The van der Waals surface area contributed by atoms with Gasteiger partial charge in [-0.05, 0) is 55.8 Å². The number of hydrogen-bond donors (Lipinski definition) is 9. The number of aliphatic imine (C=N–C) groups is 1. The van der Waals surface area contributed by atoms with Crippen molar-refractivity contribution in [1.82, 2.24) is 16.0 Å². The van der Waals surface area contributed by atoms with Gasteiger partial charge in [-0.15, -0.1) is 0 Å². The second-order valence-electron chi connectivity index (χ2n) is 9.90. The van der Waals surface area contributed by atoms with Crippen molar-refractivity contribution in [3.8, 4) is 5.75 Å². The van der Waals surface area contributed by atoms with Gasteiger partial charge in [0.15, 0.2) is 5.96 Å². The van der Waals surface area contributed by atoms with Gasteiger partial charge in [0.05, 0.1) is 6.04 Å². The summed E-state index contributed by atoms with van der Waals surface area (Å²) in [7, 11) is 0. The summed E-state index contributed by atoms with van der Waals surface area (Å²) in [5, 5.41) is 26.9. The number of carbonyl (C=O) groups is 4. The van der Waals surface area contributed by atoms with Crippen molar-refractivity contribution in [3.63, 3.8) is 0 Å². The number of carboxylic acid groups (broad SMARTS) is 1. The van der Waals surface area contributed by atoms with E-state index in [1.165, 1.54) is 12.1 Å². The number of carboxylic acids is 1. The number of carbonyl (C=O) groups excluding carboxylic acids is 3. The summed E-state index contributed by atoms with van der Waals surface area (Å²) in [5.74, 6) is -3.61. The van der Waals surface area contributed by atoms with Gasteiger partial charge < -0.3 is 49.1 Å². The second-order valence-corrected chi connectivity index (χ2v) is 9.90. The number of aromatic hydroxyl groups is 1. The van der Waals surface area contributed by atoms with Gasteiger partial charge in [-0.1, -0.05) is 32.4 Å². The van der Waals surface area contributed by atoms with E-state index in [1.807, 2.05) is 0 Å². The molecule has 1 aromatic carbocycles. The maximum Gasteiger partial charge on any atom is 0.326 e. The second kappa shape index (κ2) is 17.6. The highest BCUT2D eigenvalue weighted by Gasteiger charge is 2.32. The Labute approximate surface area is 234 Å². The minimum Gasteiger partial charge on any atom is -0.508 e. The van der Waals surface area contributed by atoms with Crippen LogP contribution in [-0.2, 0) is 25.6 Å². The lowest BCUT2D eigenvalue weighted by molar-refractivity contribution is -0.142. The summed E-state index contributed by atoms with van der Waals surface area (Å²) < 4.78 is 0. The number of phenolic OH excluding ortho intramolecular Hbond substituents is 1. The van der Waals surface area contributed by atoms with Crippen LogP contribution in [0, 0.1) is 5.92 Å². The quantitative estimate of drug-likeness (QED) is 0.0574. The number of nitrogens with one attached hydrogen (secondary N) is 3. The van der Waals surface area contributed by atoms with E-state index in [9.17, 15) is 29.4 Å². The highest BCUT2D eigenvalue weighted by Crippen LogP contribution is 2.13. The molecule has 0 aliphatic heterocycles. The van der Waals surface area contributed by atoms with Crippen LogP contribution in [-0.4, -0.2) is 77.1 Å². The fourth-order valence-corrected chi connectivity index (χ4v) is 3.81. The minimum absolute atomic E-state index is 0.0403.